The fraction of sp³-hybridized carbons (Fsp3) is 0.357. The van der Waals surface area contributed by atoms with Crippen LogP contribution in [0, 0.1) is 6.92 Å². The third-order valence-electron chi connectivity index (χ3n) is 2.86. The van der Waals surface area contributed by atoms with Gasteiger partial charge in [0.05, 0.1) is 5.69 Å². The first-order chi connectivity index (χ1) is 9.99. The molecule has 0 spiro atoms. The van der Waals surface area contributed by atoms with E-state index >= 15 is 0 Å². The number of hydrogen-bond donors (Lipinski definition) is 2. The van der Waals surface area contributed by atoms with Crippen LogP contribution in [0.4, 0.5) is 11.6 Å². The molecule has 0 aliphatic heterocycles. The summed E-state index contributed by atoms with van der Waals surface area (Å²) in [6, 6.07) is 5.02. The van der Waals surface area contributed by atoms with E-state index in [0.29, 0.717) is 17.2 Å². The minimum Gasteiger partial charge on any atom is -0.370 e. The zero-order valence-corrected chi connectivity index (χ0v) is 13.0. The van der Waals surface area contributed by atoms with Crippen molar-refractivity contribution in [3.63, 3.8) is 0 Å². The lowest BCUT2D eigenvalue weighted by atomic mass is 10.2. The number of rotatable bonds is 5. The van der Waals surface area contributed by atoms with Crippen molar-refractivity contribution in [3.8, 4) is 0 Å². The number of pyridine rings is 1. The molecule has 0 radical (unpaired) electrons. The predicted molar refractivity (Wildman–Crippen MR) is 83.9 cm³/mol. The van der Waals surface area contributed by atoms with Crippen LogP contribution in [-0.2, 0) is 7.05 Å². The number of nitrogens with one attached hydrogen (secondary N) is 2. The van der Waals surface area contributed by atoms with Gasteiger partial charge in [0.1, 0.15) is 16.8 Å². The van der Waals surface area contributed by atoms with Crippen LogP contribution in [0.2, 0.25) is 5.15 Å². The van der Waals surface area contributed by atoms with Crippen LogP contribution in [0.5, 0.6) is 0 Å². The van der Waals surface area contributed by atoms with E-state index in [9.17, 15) is 4.79 Å². The Morgan fingerprint density at radius 1 is 1.38 bits per heavy atom. The van der Waals surface area contributed by atoms with Crippen LogP contribution >= 0.6 is 11.6 Å². The van der Waals surface area contributed by atoms with E-state index in [-0.39, 0.29) is 11.1 Å². The third kappa shape index (κ3) is 3.95. The van der Waals surface area contributed by atoms with Gasteiger partial charge in [0.2, 0.25) is 0 Å². The summed E-state index contributed by atoms with van der Waals surface area (Å²) in [5, 5.41) is 10.4. The van der Waals surface area contributed by atoms with Crippen molar-refractivity contribution in [1.29, 1.82) is 0 Å². The molecular formula is C14H18ClN5O. The second kappa shape index (κ2) is 6.58. The summed E-state index contributed by atoms with van der Waals surface area (Å²) >= 11 is 5.96. The summed E-state index contributed by atoms with van der Waals surface area (Å²) in [5.74, 6) is 0.978. The van der Waals surface area contributed by atoms with Gasteiger partial charge in [-0.3, -0.25) is 9.48 Å². The molecule has 2 heterocycles. The van der Waals surface area contributed by atoms with E-state index in [1.54, 1.807) is 23.9 Å². The van der Waals surface area contributed by atoms with E-state index in [2.05, 4.69) is 27.6 Å². The highest BCUT2D eigenvalue weighted by atomic mass is 35.5. The largest absolute Gasteiger partial charge is 0.370 e. The van der Waals surface area contributed by atoms with E-state index in [1.165, 1.54) is 6.07 Å². The molecule has 0 saturated carbocycles. The number of amides is 1. The number of carbonyl (C=O) groups is 1. The minimum atomic E-state index is -0.248. The number of carbonyl (C=O) groups excluding carboxylic acids is 1. The van der Waals surface area contributed by atoms with Crippen molar-refractivity contribution >= 4 is 29.1 Å². The molecule has 0 saturated heterocycles. The molecule has 1 amide bonds. The zero-order valence-electron chi connectivity index (χ0n) is 12.3. The summed E-state index contributed by atoms with van der Waals surface area (Å²) < 4.78 is 1.62. The Labute approximate surface area is 128 Å². The predicted octanol–water partition coefficient (Wildman–Crippen LogP) is 2.85. The molecule has 2 aromatic heterocycles. The maximum Gasteiger partial charge on any atom is 0.257 e. The maximum absolute atomic E-state index is 12.3. The van der Waals surface area contributed by atoms with Crippen molar-refractivity contribution < 1.29 is 4.79 Å². The van der Waals surface area contributed by atoms with Crippen molar-refractivity contribution in [2.45, 2.75) is 20.3 Å². The van der Waals surface area contributed by atoms with Crippen LogP contribution in [0.15, 0.2) is 18.2 Å². The summed E-state index contributed by atoms with van der Waals surface area (Å²) in [6.45, 7) is 4.69. The lowest BCUT2D eigenvalue weighted by molar-refractivity contribution is 0.102. The van der Waals surface area contributed by atoms with Crippen LogP contribution in [0.25, 0.3) is 0 Å². The molecule has 2 N–H and O–H groups in total. The summed E-state index contributed by atoms with van der Waals surface area (Å²) in [6.07, 6.45) is 0.962. The summed E-state index contributed by atoms with van der Waals surface area (Å²) in [4.78, 5) is 16.4. The normalized spacial score (nSPS) is 10.5. The third-order valence-corrected chi connectivity index (χ3v) is 3.05. The van der Waals surface area contributed by atoms with Gasteiger partial charge >= 0.3 is 0 Å². The van der Waals surface area contributed by atoms with Crippen LogP contribution in [0.3, 0.4) is 0 Å². The van der Waals surface area contributed by atoms with Gasteiger partial charge in [0.25, 0.3) is 5.91 Å². The molecule has 0 bridgehead atoms. The minimum absolute atomic E-state index is 0.248. The molecule has 0 aliphatic rings. The van der Waals surface area contributed by atoms with Crippen molar-refractivity contribution in [1.82, 2.24) is 14.8 Å². The quantitative estimate of drug-likeness (QED) is 0.833. The number of aryl methyl sites for hydroxylation is 2. The van der Waals surface area contributed by atoms with Gasteiger partial charge in [0.15, 0.2) is 0 Å². The van der Waals surface area contributed by atoms with Crippen LogP contribution in [-0.4, -0.2) is 27.2 Å². The van der Waals surface area contributed by atoms with Gasteiger partial charge < -0.3 is 10.6 Å². The number of aromatic nitrogens is 3. The fourth-order valence-corrected chi connectivity index (χ4v) is 2.10. The van der Waals surface area contributed by atoms with Crippen molar-refractivity contribution in [2.75, 3.05) is 17.2 Å². The first-order valence-corrected chi connectivity index (χ1v) is 7.11. The number of hydrogen-bond acceptors (Lipinski definition) is 4. The van der Waals surface area contributed by atoms with Gasteiger partial charge in [-0.05, 0) is 25.5 Å². The Bertz CT molecular complexity index is 653. The molecule has 2 rings (SSSR count). The van der Waals surface area contributed by atoms with Crippen LogP contribution in [0.1, 0.15) is 29.4 Å². The van der Waals surface area contributed by atoms with Gasteiger partial charge in [-0.25, -0.2) is 4.98 Å². The lowest BCUT2D eigenvalue weighted by Gasteiger charge is -2.08. The Kier molecular flexibility index (Phi) is 4.80. The van der Waals surface area contributed by atoms with Gasteiger partial charge in [-0.1, -0.05) is 18.5 Å². The lowest BCUT2D eigenvalue weighted by Crippen LogP contribution is -2.15. The fourth-order valence-electron chi connectivity index (χ4n) is 1.89. The van der Waals surface area contributed by atoms with Crippen molar-refractivity contribution in [2.24, 2.45) is 7.05 Å². The van der Waals surface area contributed by atoms with E-state index < -0.39 is 0 Å². The summed E-state index contributed by atoms with van der Waals surface area (Å²) in [7, 11) is 1.77. The first kappa shape index (κ1) is 15.3. The second-order valence-corrected chi connectivity index (χ2v) is 5.13. The SMILES string of the molecule is CCCNc1cc(C(=O)Nc2cc(C)nn2C)cc(Cl)n1. The topological polar surface area (TPSA) is 71.8 Å². The molecule has 0 fully saturated rings. The molecule has 0 unspecified atom stereocenters. The molecule has 112 valence electrons. The molecule has 0 aromatic carbocycles. The average Bonchev–Trinajstić information content (AvgIpc) is 2.74. The van der Waals surface area contributed by atoms with Gasteiger partial charge in [-0.2, -0.15) is 5.10 Å². The highest BCUT2D eigenvalue weighted by Crippen LogP contribution is 2.17. The Morgan fingerprint density at radius 2 is 2.14 bits per heavy atom. The van der Waals surface area contributed by atoms with E-state index in [0.717, 1.165) is 18.7 Å². The Morgan fingerprint density at radius 3 is 2.76 bits per heavy atom. The van der Waals surface area contributed by atoms with Gasteiger partial charge in [0, 0.05) is 25.2 Å². The molecule has 0 atom stereocenters. The number of anilines is 2. The first-order valence-electron chi connectivity index (χ1n) is 6.73. The number of nitrogens with zero attached hydrogens (tertiary/aromatic N) is 3. The Hall–Kier alpha value is -2.08. The molecular weight excluding hydrogens is 290 g/mol. The molecule has 21 heavy (non-hydrogen) atoms. The smallest absolute Gasteiger partial charge is 0.257 e. The molecule has 0 aliphatic carbocycles. The van der Waals surface area contributed by atoms with E-state index in [1.807, 2.05) is 6.92 Å². The summed E-state index contributed by atoms with van der Waals surface area (Å²) in [5.41, 5.74) is 1.29. The number of halogens is 1. The molecule has 6 nitrogen and oxygen atoms in total. The monoisotopic (exact) mass is 307 g/mol. The highest BCUT2D eigenvalue weighted by molar-refractivity contribution is 6.30. The average molecular weight is 308 g/mol. The van der Waals surface area contributed by atoms with Crippen molar-refractivity contribution in [3.05, 3.63) is 34.6 Å². The highest BCUT2D eigenvalue weighted by Gasteiger charge is 2.12. The van der Waals surface area contributed by atoms with Crippen LogP contribution < -0.4 is 10.6 Å². The van der Waals surface area contributed by atoms with E-state index in [4.69, 9.17) is 11.6 Å². The molecule has 7 heteroatoms. The molecule has 2 aromatic rings. The zero-order chi connectivity index (χ0) is 15.4. The second-order valence-electron chi connectivity index (χ2n) is 4.74. The maximum atomic E-state index is 12.3. The van der Waals surface area contributed by atoms with Gasteiger partial charge in [-0.15, -0.1) is 0 Å². The standard InChI is InChI=1S/C14H18ClN5O/c1-4-5-16-12-8-10(7-11(15)17-12)14(21)18-13-6-9(2)19-20(13)3/h6-8H,4-5H2,1-3H3,(H,16,17)(H,18,21). The Balaban J connectivity index is 2.18.